The summed E-state index contributed by atoms with van der Waals surface area (Å²) in [5.74, 6) is -0.288. The fraction of sp³-hybridized carbons (Fsp3) is 0.235. The van der Waals surface area contributed by atoms with E-state index in [9.17, 15) is 4.39 Å². The molecule has 0 amide bonds. The molecule has 2 aromatic rings. The molecule has 21 heavy (non-hydrogen) atoms. The van der Waals surface area contributed by atoms with E-state index in [2.05, 4.69) is 4.90 Å². The maximum absolute atomic E-state index is 13.9. The van der Waals surface area contributed by atoms with Gasteiger partial charge in [-0.3, -0.25) is 4.90 Å². The van der Waals surface area contributed by atoms with Gasteiger partial charge < -0.3 is 5.73 Å². The highest BCUT2D eigenvalue weighted by molar-refractivity contribution is 5.33. The van der Waals surface area contributed by atoms with Gasteiger partial charge in [0.2, 0.25) is 0 Å². The average Bonchev–Trinajstić information content (AvgIpc) is 2.51. The zero-order valence-corrected chi connectivity index (χ0v) is 11.8. The van der Waals surface area contributed by atoms with Crippen LogP contribution in [0.15, 0.2) is 48.5 Å². The number of nitriles is 1. The Labute approximate surface area is 124 Å². The molecule has 0 spiro atoms. The molecule has 0 bridgehead atoms. The molecule has 0 saturated carbocycles. The summed E-state index contributed by atoms with van der Waals surface area (Å²) < 4.78 is 13.9. The lowest BCUT2D eigenvalue weighted by molar-refractivity contribution is 0.260. The molecular weight excluding hydrogens is 265 g/mol. The molecule has 0 radical (unpaired) electrons. The van der Waals surface area contributed by atoms with E-state index >= 15 is 0 Å². The van der Waals surface area contributed by atoms with Crippen LogP contribution in [0.2, 0.25) is 0 Å². The van der Waals surface area contributed by atoms with Crippen molar-refractivity contribution in [1.82, 2.24) is 4.90 Å². The number of nitrogens with zero attached hydrogens (tertiary/aromatic N) is 2. The van der Waals surface area contributed by atoms with Crippen molar-refractivity contribution in [3.63, 3.8) is 0 Å². The highest BCUT2D eigenvalue weighted by atomic mass is 19.1. The van der Waals surface area contributed by atoms with Crippen molar-refractivity contribution < 1.29 is 4.39 Å². The van der Waals surface area contributed by atoms with E-state index in [4.69, 9.17) is 11.0 Å². The molecule has 0 heterocycles. The average molecular weight is 283 g/mol. The van der Waals surface area contributed by atoms with Gasteiger partial charge in [-0.15, -0.1) is 0 Å². The number of hydrogen-bond donors (Lipinski definition) is 1. The molecule has 2 rings (SSSR count). The lowest BCUT2D eigenvalue weighted by atomic mass is 10.1. The van der Waals surface area contributed by atoms with Crippen molar-refractivity contribution in [2.45, 2.75) is 13.1 Å². The SMILES string of the molecule is N#Cc1ccc(F)c(CN(CCN)Cc2ccccc2)c1. The Morgan fingerprint density at radius 1 is 1.10 bits per heavy atom. The molecule has 108 valence electrons. The smallest absolute Gasteiger partial charge is 0.127 e. The van der Waals surface area contributed by atoms with Crippen molar-refractivity contribution in [1.29, 1.82) is 5.26 Å². The maximum Gasteiger partial charge on any atom is 0.127 e. The Morgan fingerprint density at radius 3 is 2.52 bits per heavy atom. The first-order chi connectivity index (χ1) is 10.2. The van der Waals surface area contributed by atoms with Crippen LogP contribution in [0.1, 0.15) is 16.7 Å². The summed E-state index contributed by atoms with van der Waals surface area (Å²) in [6.45, 7) is 2.32. The van der Waals surface area contributed by atoms with Gasteiger partial charge in [-0.1, -0.05) is 30.3 Å². The van der Waals surface area contributed by atoms with Crippen molar-refractivity contribution >= 4 is 0 Å². The van der Waals surface area contributed by atoms with Crippen LogP contribution in [-0.2, 0) is 13.1 Å². The standard InChI is InChI=1S/C17H18FN3/c18-17-7-6-15(11-20)10-16(17)13-21(9-8-19)12-14-4-2-1-3-5-14/h1-7,10H,8-9,12-13,19H2. The third-order valence-corrected chi connectivity index (χ3v) is 3.26. The molecule has 0 aliphatic rings. The Hall–Kier alpha value is -2.22. The monoisotopic (exact) mass is 283 g/mol. The quantitative estimate of drug-likeness (QED) is 0.886. The van der Waals surface area contributed by atoms with Crippen LogP contribution in [-0.4, -0.2) is 18.0 Å². The van der Waals surface area contributed by atoms with E-state index in [1.165, 1.54) is 12.1 Å². The van der Waals surface area contributed by atoms with Crippen LogP contribution in [0, 0.1) is 17.1 Å². The zero-order valence-electron chi connectivity index (χ0n) is 11.8. The minimum atomic E-state index is -0.288. The van der Waals surface area contributed by atoms with Crippen LogP contribution in [0.25, 0.3) is 0 Å². The van der Waals surface area contributed by atoms with Crippen LogP contribution in [0.3, 0.4) is 0 Å². The molecule has 0 unspecified atom stereocenters. The first kappa shape index (κ1) is 15.2. The van der Waals surface area contributed by atoms with Gasteiger partial charge in [-0.05, 0) is 23.8 Å². The maximum atomic E-state index is 13.9. The molecule has 2 aromatic carbocycles. The van der Waals surface area contributed by atoms with E-state index < -0.39 is 0 Å². The molecule has 3 nitrogen and oxygen atoms in total. The summed E-state index contributed by atoms with van der Waals surface area (Å²) in [5.41, 5.74) is 7.80. The summed E-state index contributed by atoms with van der Waals surface area (Å²) in [4.78, 5) is 2.08. The van der Waals surface area contributed by atoms with Crippen LogP contribution < -0.4 is 5.73 Å². The number of rotatable bonds is 6. The predicted molar refractivity (Wildman–Crippen MR) is 80.7 cm³/mol. The number of hydrogen-bond acceptors (Lipinski definition) is 3. The van der Waals surface area contributed by atoms with Gasteiger partial charge in [0, 0.05) is 31.7 Å². The Kier molecular flexibility index (Phi) is 5.44. The summed E-state index contributed by atoms with van der Waals surface area (Å²) in [5, 5.41) is 8.92. The first-order valence-corrected chi connectivity index (χ1v) is 6.88. The Morgan fingerprint density at radius 2 is 1.86 bits per heavy atom. The van der Waals surface area contributed by atoms with Crippen LogP contribution >= 0.6 is 0 Å². The van der Waals surface area contributed by atoms with Gasteiger partial charge in [-0.25, -0.2) is 4.39 Å². The fourth-order valence-corrected chi connectivity index (χ4v) is 2.24. The fourth-order valence-electron chi connectivity index (χ4n) is 2.24. The number of nitrogens with two attached hydrogens (primary N) is 1. The van der Waals surface area contributed by atoms with Crippen LogP contribution in [0.4, 0.5) is 4.39 Å². The van der Waals surface area contributed by atoms with Crippen molar-refractivity contribution in [3.8, 4) is 6.07 Å². The van der Waals surface area contributed by atoms with E-state index in [0.29, 0.717) is 37.3 Å². The van der Waals surface area contributed by atoms with Gasteiger partial charge in [0.25, 0.3) is 0 Å². The Bertz CT molecular complexity index is 620. The molecule has 0 aliphatic carbocycles. The van der Waals surface area contributed by atoms with Crippen molar-refractivity contribution in [2.75, 3.05) is 13.1 Å². The summed E-state index contributed by atoms with van der Waals surface area (Å²) in [6, 6.07) is 16.5. The third-order valence-electron chi connectivity index (χ3n) is 3.26. The van der Waals surface area contributed by atoms with E-state index in [1.807, 2.05) is 36.4 Å². The van der Waals surface area contributed by atoms with Crippen molar-refractivity contribution in [3.05, 3.63) is 71.0 Å². The zero-order chi connectivity index (χ0) is 15.1. The molecule has 2 N–H and O–H groups in total. The topological polar surface area (TPSA) is 53.0 Å². The highest BCUT2D eigenvalue weighted by Crippen LogP contribution is 2.14. The molecule has 0 atom stereocenters. The normalized spacial score (nSPS) is 10.6. The number of benzene rings is 2. The lowest BCUT2D eigenvalue weighted by Gasteiger charge is -2.22. The summed E-state index contributed by atoms with van der Waals surface area (Å²) in [7, 11) is 0. The van der Waals surface area contributed by atoms with Gasteiger partial charge >= 0.3 is 0 Å². The van der Waals surface area contributed by atoms with Gasteiger partial charge in [0.15, 0.2) is 0 Å². The van der Waals surface area contributed by atoms with Crippen molar-refractivity contribution in [2.24, 2.45) is 5.73 Å². The third kappa shape index (κ3) is 4.38. The summed E-state index contributed by atoms with van der Waals surface area (Å²) >= 11 is 0. The second-order valence-corrected chi connectivity index (χ2v) is 4.90. The molecule has 0 aliphatic heterocycles. The second-order valence-electron chi connectivity index (χ2n) is 4.90. The highest BCUT2D eigenvalue weighted by Gasteiger charge is 2.10. The first-order valence-electron chi connectivity index (χ1n) is 6.88. The second kappa shape index (κ2) is 7.53. The van der Waals surface area contributed by atoms with E-state index in [0.717, 1.165) is 5.56 Å². The number of halogens is 1. The molecule has 4 heteroatoms. The molecule has 0 aromatic heterocycles. The largest absolute Gasteiger partial charge is 0.329 e. The predicted octanol–water partition coefficient (Wildman–Crippen LogP) is 2.66. The molecule has 0 fully saturated rings. The molecule has 0 saturated heterocycles. The van der Waals surface area contributed by atoms with Gasteiger partial charge in [-0.2, -0.15) is 5.26 Å². The Balaban J connectivity index is 2.14. The van der Waals surface area contributed by atoms with E-state index in [1.54, 1.807) is 6.07 Å². The minimum Gasteiger partial charge on any atom is -0.329 e. The van der Waals surface area contributed by atoms with Gasteiger partial charge in [0.1, 0.15) is 5.82 Å². The molecular formula is C17H18FN3. The lowest BCUT2D eigenvalue weighted by Crippen LogP contribution is -2.29. The van der Waals surface area contributed by atoms with Crippen LogP contribution in [0.5, 0.6) is 0 Å². The summed E-state index contributed by atoms with van der Waals surface area (Å²) in [6.07, 6.45) is 0. The van der Waals surface area contributed by atoms with Gasteiger partial charge in [0.05, 0.1) is 11.6 Å². The van der Waals surface area contributed by atoms with E-state index in [-0.39, 0.29) is 5.82 Å². The minimum absolute atomic E-state index is 0.288.